The molecule has 1 N–H and O–H groups in total. The molecule has 150 valence electrons. The Hall–Kier alpha value is -3.32. The van der Waals surface area contributed by atoms with Crippen LogP contribution in [0.4, 0.5) is 5.13 Å². The molecule has 1 aliphatic rings. The highest BCUT2D eigenvalue weighted by Crippen LogP contribution is 2.30. The van der Waals surface area contributed by atoms with E-state index in [1.807, 2.05) is 23.6 Å². The Bertz CT molecular complexity index is 1340. The number of hydrogen-bond acceptors (Lipinski definition) is 5. The number of aromatic nitrogens is 3. The van der Waals surface area contributed by atoms with Crippen molar-refractivity contribution in [2.75, 3.05) is 5.32 Å². The van der Waals surface area contributed by atoms with Gasteiger partial charge in [-0.05, 0) is 42.5 Å². The van der Waals surface area contributed by atoms with Gasteiger partial charge in [0.25, 0.3) is 5.56 Å². The minimum absolute atomic E-state index is 0.0718. The molecular weight excluding hydrogens is 396 g/mol. The maximum atomic E-state index is 12.6. The minimum atomic E-state index is -0.207. The summed E-state index contributed by atoms with van der Waals surface area (Å²) >= 11 is 1.41. The number of amides is 1. The van der Waals surface area contributed by atoms with Crippen molar-refractivity contribution in [3.63, 3.8) is 0 Å². The predicted molar refractivity (Wildman–Crippen MR) is 119 cm³/mol. The summed E-state index contributed by atoms with van der Waals surface area (Å²) in [6, 6.07) is 13.7. The molecule has 0 bridgehead atoms. The monoisotopic (exact) mass is 416 g/mol. The van der Waals surface area contributed by atoms with Crippen LogP contribution in [0, 0.1) is 0 Å². The first-order valence-electron chi connectivity index (χ1n) is 9.91. The van der Waals surface area contributed by atoms with E-state index in [4.69, 9.17) is 0 Å². The molecule has 0 atom stereocenters. The number of fused-ring (bicyclic) bond motifs is 2. The standard InChI is InChI=1S/C23H20N4O2S/c1-27-22(29)18-8-3-2-7-17(18)19(26-27)12-21(28)25-23-24-20(13-30-23)16-10-9-14-5-4-6-15(14)11-16/h2-3,7-11,13H,4-6,12H2,1H3,(H,24,25,28). The van der Waals surface area contributed by atoms with E-state index < -0.39 is 0 Å². The first kappa shape index (κ1) is 18.7. The molecule has 0 spiro atoms. The van der Waals surface area contributed by atoms with Gasteiger partial charge in [0.15, 0.2) is 5.13 Å². The molecule has 0 radical (unpaired) electrons. The maximum Gasteiger partial charge on any atom is 0.274 e. The van der Waals surface area contributed by atoms with Gasteiger partial charge in [-0.25, -0.2) is 9.67 Å². The molecule has 0 fully saturated rings. The normalized spacial score (nSPS) is 12.8. The van der Waals surface area contributed by atoms with Crippen LogP contribution in [0.5, 0.6) is 0 Å². The summed E-state index contributed by atoms with van der Waals surface area (Å²) in [7, 11) is 1.60. The van der Waals surface area contributed by atoms with Gasteiger partial charge in [-0.3, -0.25) is 9.59 Å². The molecule has 5 rings (SSSR count). The molecule has 2 aromatic heterocycles. The van der Waals surface area contributed by atoms with Gasteiger partial charge in [-0.1, -0.05) is 30.3 Å². The lowest BCUT2D eigenvalue weighted by molar-refractivity contribution is -0.115. The zero-order valence-electron chi connectivity index (χ0n) is 16.5. The number of nitrogens with one attached hydrogen (secondary N) is 1. The topological polar surface area (TPSA) is 76.9 Å². The second-order valence-corrected chi connectivity index (χ2v) is 8.38. The first-order chi connectivity index (χ1) is 14.6. The number of thiazole rings is 1. The Balaban J connectivity index is 1.35. The van der Waals surface area contributed by atoms with Crippen molar-refractivity contribution in [1.82, 2.24) is 14.8 Å². The van der Waals surface area contributed by atoms with Gasteiger partial charge in [-0.15, -0.1) is 11.3 Å². The third-order valence-corrected chi connectivity index (χ3v) is 6.26. The maximum absolute atomic E-state index is 12.6. The second kappa shape index (κ2) is 7.50. The Kier molecular flexibility index (Phi) is 4.67. The van der Waals surface area contributed by atoms with Crippen molar-refractivity contribution in [3.8, 4) is 11.3 Å². The lowest BCUT2D eigenvalue weighted by atomic mass is 10.1. The molecule has 2 aromatic carbocycles. The van der Waals surface area contributed by atoms with Crippen molar-refractivity contribution in [1.29, 1.82) is 0 Å². The van der Waals surface area contributed by atoms with Gasteiger partial charge in [0, 0.05) is 23.4 Å². The van der Waals surface area contributed by atoms with Crippen molar-refractivity contribution in [2.45, 2.75) is 25.7 Å². The van der Waals surface area contributed by atoms with E-state index in [1.165, 1.54) is 33.6 Å². The average Bonchev–Trinajstić information content (AvgIpc) is 3.40. The zero-order chi connectivity index (χ0) is 20.7. The largest absolute Gasteiger partial charge is 0.302 e. The van der Waals surface area contributed by atoms with Gasteiger partial charge in [0.1, 0.15) is 0 Å². The fourth-order valence-corrected chi connectivity index (χ4v) is 4.75. The molecule has 0 saturated carbocycles. The van der Waals surface area contributed by atoms with Crippen LogP contribution >= 0.6 is 11.3 Å². The number of aryl methyl sites for hydroxylation is 3. The van der Waals surface area contributed by atoms with E-state index in [1.54, 1.807) is 13.1 Å². The number of rotatable bonds is 4. The highest BCUT2D eigenvalue weighted by molar-refractivity contribution is 7.14. The highest BCUT2D eigenvalue weighted by atomic mass is 32.1. The molecule has 30 heavy (non-hydrogen) atoms. The summed E-state index contributed by atoms with van der Waals surface area (Å²) < 4.78 is 1.28. The van der Waals surface area contributed by atoms with Crippen LogP contribution in [0.2, 0.25) is 0 Å². The third-order valence-electron chi connectivity index (χ3n) is 5.51. The Morgan fingerprint density at radius 2 is 1.93 bits per heavy atom. The zero-order valence-corrected chi connectivity index (χ0v) is 17.3. The van der Waals surface area contributed by atoms with Gasteiger partial charge in [0.05, 0.1) is 23.2 Å². The molecule has 2 heterocycles. The van der Waals surface area contributed by atoms with Crippen LogP contribution < -0.4 is 10.9 Å². The van der Waals surface area contributed by atoms with Crippen LogP contribution in [0.1, 0.15) is 23.2 Å². The molecule has 7 heteroatoms. The van der Waals surface area contributed by atoms with Gasteiger partial charge in [-0.2, -0.15) is 5.10 Å². The molecule has 0 saturated heterocycles. The molecule has 6 nitrogen and oxygen atoms in total. The van der Waals surface area contributed by atoms with E-state index in [0.29, 0.717) is 21.6 Å². The Labute approximate surface area is 177 Å². The fourth-order valence-electron chi connectivity index (χ4n) is 4.02. The van der Waals surface area contributed by atoms with Crippen LogP contribution in [-0.2, 0) is 31.1 Å². The van der Waals surface area contributed by atoms with Crippen LogP contribution in [-0.4, -0.2) is 20.7 Å². The smallest absolute Gasteiger partial charge is 0.274 e. The number of anilines is 1. The van der Waals surface area contributed by atoms with Crippen LogP contribution in [0.25, 0.3) is 22.0 Å². The van der Waals surface area contributed by atoms with Crippen molar-refractivity contribution in [2.24, 2.45) is 7.05 Å². The van der Waals surface area contributed by atoms with E-state index >= 15 is 0 Å². The van der Waals surface area contributed by atoms with Crippen molar-refractivity contribution < 1.29 is 4.79 Å². The van der Waals surface area contributed by atoms with Crippen molar-refractivity contribution >= 4 is 33.1 Å². The molecule has 1 aliphatic carbocycles. The van der Waals surface area contributed by atoms with E-state index in [2.05, 4.69) is 33.6 Å². The quantitative estimate of drug-likeness (QED) is 0.550. The lowest BCUT2D eigenvalue weighted by Gasteiger charge is -2.07. The second-order valence-electron chi connectivity index (χ2n) is 7.52. The van der Waals surface area contributed by atoms with Gasteiger partial charge < -0.3 is 5.32 Å². The number of carbonyl (C=O) groups excluding carboxylic acids is 1. The summed E-state index contributed by atoms with van der Waals surface area (Å²) in [5.74, 6) is -0.207. The van der Waals surface area contributed by atoms with E-state index in [0.717, 1.165) is 24.1 Å². The summed E-state index contributed by atoms with van der Waals surface area (Å²) in [4.78, 5) is 29.5. The number of hydrogen-bond donors (Lipinski definition) is 1. The number of carbonyl (C=O) groups is 1. The molecule has 0 unspecified atom stereocenters. The van der Waals surface area contributed by atoms with E-state index in [-0.39, 0.29) is 17.9 Å². The average molecular weight is 417 g/mol. The van der Waals surface area contributed by atoms with E-state index in [9.17, 15) is 9.59 Å². The third kappa shape index (κ3) is 3.41. The molecule has 1 amide bonds. The summed E-state index contributed by atoms with van der Waals surface area (Å²) in [5, 5.41) is 11.0. The van der Waals surface area contributed by atoms with Gasteiger partial charge >= 0.3 is 0 Å². The Morgan fingerprint density at radius 3 is 2.80 bits per heavy atom. The molecule has 4 aromatic rings. The SMILES string of the molecule is Cn1nc(CC(=O)Nc2nc(-c3ccc4c(c3)CCC4)cs2)c2ccccc2c1=O. The van der Waals surface area contributed by atoms with Gasteiger partial charge in [0.2, 0.25) is 5.91 Å². The summed E-state index contributed by atoms with van der Waals surface area (Å²) in [6.45, 7) is 0. The predicted octanol–water partition coefficient (Wildman–Crippen LogP) is 3.73. The highest BCUT2D eigenvalue weighted by Gasteiger charge is 2.15. The number of benzene rings is 2. The summed E-state index contributed by atoms with van der Waals surface area (Å²) in [5.41, 5.74) is 5.18. The molecular formula is C23H20N4O2S. The first-order valence-corrected chi connectivity index (χ1v) is 10.8. The summed E-state index contributed by atoms with van der Waals surface area (Å²) in [6.07, 6.45) is 3.56. The van der Waals surface area contributed by atoms with Crippen molar-refractivity contribution in [3.05, 3.63) is 75.0 Å². The van der Waals surface area contributed by atoms with Crippen LogP contribution in [0.3, 0.4) is 0 Å². The number of nitrogens with zero attached hydrogens (tertiary/aromatic N) is 3. The minimum Gasteiger partial charge on any atom is -0.302 e. The Morgan fingerprint density at radius 1 is 1.13 bits per heavy atom. The fraction of sp³-hybridized carbons (Fsp3) is 0.217. The lowest BCUT2D eigenvalue weighted by Crippen LogP contribution is -2.24. The molecule has 0 aliphatic heterocycles. The van der Waals surface area contributed by atoms with Crippen LogP contribution in [0.15, 0.2) is 52.6 Å².